The zero-order valence-corrected chi connectivity index (χ0v) is 18.5. The van der Waals surface area contributed by atoms with Crippen LogP contribution in [-0.4, -0.2) is 22.2 Å². The molecule has 0 fully saturated rings. The molecule has 0 saturated carbocycles. The molecule has 4 aromatic rings. The van der Waals surface area contributed by atoms with Gasteiger partial charge in [-0.3, -0.25) is 4.79 Å². The van der Waals surface area contributed by atoms with Gasteiger partial charge in [-0.1, -0.05) is 53.6 Å². The number of azo groups is 1. The first-order valence-electron chi connectivity index (χ1n) is 10.1. The lowest BCUT2D eigenvalue weighted by molar-refractivity contribution is -0.120. The van der Waals surface area contributed by atoms with Crippen molar-refractivity contribution in [1.82, 2.24) is 4.57 Å². The van der Waals surface area contributed by atoms with Crippen molar-refractivity contribution >= 4 is 34.1 Å². The van der Waals surface area contributed by atoms with Gasteiger partial charge in [0.05, 0.1) is 12.1 Å². The molecule has 0 unspecified atom stereocenters. The maximum absolute atomic E-state index is 12.2. The third-order valence-corrected chi connectivity index (χ3v) is 5.44. The standard InChI is InChI=1S/C25H22ClN3O3/c1-16-7-10-20(11-8-16)32-15-23(30)27-28-24-21-13-19(26)9-12-22(21)29(25(24)31)14-18-6-4-3-5-17(18)2/h3-13,31H,14-15H2,1-2H3. The number of aromatic nitrogens is 1. The Morgan fingerprint density at radius 1 is 1.06 bits per heavy atom. The number of nitrogens with zero attached hydrogens (tertiary/aromatic N) is 3. The quantitative estimate of drug-likeness (QED) is 0.349. The van der Waals surface area contributed by atoms with Crippen molar-refractivity contribution in [2.24, 2.45) is 10.2 Å². The maximum atomic E-state index is 12.2. The van der Waals surface area contributed by atoms with E-state index >= 15 is 0 Å². The molecule has 4 rings (SSSR count). The van der Waals surface area contributed by atoms with Gasteiger partial charge < -0.3 is 14.4 Å². The van der Waals surface area contributed by atoms with E-state index in [1.807, 2.05) is 56.3 Å². The van der Waals surface area contributed by atoms with Crippen LogP contribution in [0.5, 0.6) is 11.6 Å². The van der Waals surface area contributed by atoms with E-state index in [9.17, 15) is 9.90 Å². The van der Waals surface area contributed by atoms with Gasteiger partial charge in [-0.2, -0.15) is 0 Å². The van der Waals surface area contributed by atoms with Gasteiger partial charge in [0.2, 0.25) is 5.88 Å². The lowest BCUT2D eigenvalue weighted by Gasteiger charge is -2.09. The van der Waals surface area contributed by atoms with Gasteiger partial charge in [-0.25, -0.2) is 0 Å². The molecule has 0 spiro atoms. The first-order chi connectivity index (χ1) is 15.4. The molecular formula is C25H22ClN3O3. The lowest BCUT2D eigenvalue weighted by atomic mass is 10.1. The van der Waals surface area contributed by atoms with Crippen LogP contribution in [0.1, 0.15) is 16.7 Å². The Balaban J connectivity index is 1.61. The predicted octanol–water partition coefficient (Wildman–Crippen LogP) is 6.35. The number of aryl methyl sites for hydroxylation is 2. The Hall–Kier alpha value is -3.64. The van der Waals surface area contributed by atoms with Crippen LogP contribution in [0, 0.1) is 13.8 Å². The van der Waals surface area contributed by atoms with Gasteiger partial charge in [0.1, 0.15) is 5.75 Å². The van der Waals surface area contributed by atoms with Crippen LogP contribution < -0.4 is 4.74 Å². The number of halogens is 1. The zero-order valence-electron chi connectivity index (χ0n) is 17.7. The summed E-state index contributed by atoms with van der Waals surface area (Å²) < 4.78 is 7.19. The number of carbonyl (C=O) groups is 1. The van der Waals surface area contributed by atoms with Crippen LogP contribution >= 0.6 is 11.6 Å². The van der Waals surface area contributed by atoms with Gasteiger partial charge >= 0.3 is 5.91 Å². The monoisotopic (exact) mass is 447 g/mol. The highest BCUT2D eigenvalue weighted by Gasteiger charge is 2.18. The van der Waals surface area contributed by atoms with Crippen LogP contribution in [-0.2, 0) is 11.3 Å². The third kappa shape index (κ3) is 4.65. The highest BCUT2D eigenvalue weighted by molar-refractivity contribution is 6.31. The molecule has 0 aliphatic carbocycles. The van der Waals surface area contributed by atoms with Gasteiger partial charge in [0, 0.05) is 10.4 Å². The highest BCUT2D eigenvalue weighted by atomic mass is 35.5. The molecule has 3 aromatic carbocycles. The average Bonchev–Trinajstić information content (AvgIpc) is 3.03. The van der Waals surface area contributed by atoms with Crippen molar-refractivity contribution in [3.05, 3.63) is 88.4 Å². The molecule has 6 nitrogen and oxygen atoms in total. The molecule has 7 heteroatoms. The second kappa shape index (κ2) is 9.24. The summed E-state index contributed by atoms with van der Waals surface area (Å²) in [5.74, 6) is -0.0723. The van der Waals surface area contributed by atoms with Crippen molar-refractivity contribution < 1.29 is 14.6 Å². The van der Waals surface area contributed by atoms with Gasteiger partial charge in [0.15, 0.2) is 12.3 Å². The summed E-state index contributed by atoms with van der Waals surface area (Å²) in [6.07, 6.45) is 0. The molecular weight excluding hydrogens is 426 g/mol. The summed E-state index contributed by atoms with van der Waals surface area (Å²) >= 11 is 6.18. The van der Waals surface area contributed by atoms with Gasteiger partial charge in [0.25, 0.3) is 0 Å². The van der Waals surface area contributed by atoms with Crippen LogP contribution in [0.2, 0.25) is 5.02 Å². The predicted molar refractivity (Wildman–Crippen MR) is 125 cm³/mol. The van der Waals surface area contributed by atoms with E-state index in [2.05, 4.69) is 10.2 Å². The molecule has 1 amide bonds. The lowest BCUT2D eigenvalue weighted by Crippen LogP contribution is -2.07. The minimum absolute atomic E-state index is 0.0819. The van der Waals surface area contributed by atoms with Crippen LogP contribution in [0.25, 0.3) is 10.9 Å². The van der Waals surface area contributed by atoms with E-state index in [-0.39, 0.29) is 18.2 Å². The number of ether oxygens (including phenoxy) is 1. The topological polar surface area (TPSA) is 76.2 Å². The number of carbonyl (C=O) groups excluding carboxylic acids is 1. The van der Waals surface area contributed by atoms with E-state index in [4.69, 9.17) is 16.3 Å². The van der Waals surface area contributed by atoms with Gasteiger partial charge in [-0.05, 0) is 55.3 Å². The SMILES string of the molecule is Cc1ccc(OCC(=O)N=Nc2c(O)n(Cc3ccccc3C)c3ccc(Cl)cc23)cc1. The molecule has 0 saturated heterocycles. The van der Waals surface area contributed by atoms with Crippen molar-refractivity contribution in [2.45, 2.75) is 20.4 Å². The molecule has 32 heavy (non-hydrogen) atoms. The zero-order chi connectivity index (χ0) is 22.7. The molecule has 1 heterocycles. The number of hydrogen-bond acceptors (Lipinski definition) is 4. The average molecular weight is 448 g/mol. The fraction of sp³-hybridized carbons (Fsp3) is 0.160. The number of fused-ring (bicyclic) bond motifs is 1. The van der Waals surface area contributed by atoms with E-state index in [1.165, 1.54) is 0 Å². The van der Waals surface area contributed by atoms with Crippen molar-refractivity contribution in [1.29, 1.82) is 0 Å². The first kappa shape index (κ1) is 21.6. The van der Waals surface area contributed by atoms with Crippen molar-refractivity contribution in [3.8, 4) is 11.6 Å². The fourth-order valence-corrected chi connectivity index (χ4v) is 3.60. The Kier molecular flexibility index (Phi) is 6.23. The molecule has 0 atom stereocenters. The van der Waals surface area contributed by atoms with Crippen LogP contribution in [0.3, 0.4) is 0 Å². The van der Waals surface area contributed by atoms with E-state index in [1.54, 1.807) is 28.8 Å². The minimum Gasteiger partial charge on any atom is -0.493 e. The highest BCUT2D eigenvalue weighted by Crippen LogP contribution is 2.40. The fourth-order valence-electron chi connectivity index (χ4n) is 3.43. The minimum atomic E-state index is -0.563. The van der Waals surface area contributed by atoms with Crippen LogP contribution in [0.4, 0.5) is 5.69 Å². The Morgan fingerprint density at radius 3 is 2.56 bits per heavy atom. The number of hydrogen-bond donors (Lipinski definition) is 1. The number of amides is 1. The van der Waals surface area contributed by atoms with Crippen molar-refractivity contribution in [2.75, 3.05) is 6.61 Å². The third-order valence-electron chi connectivity index (χ3n) is 5.21. The summed E-state index contributed by atoms with van der Waals surface area (Å²) in [6.45, 7) is 4.17. The molecule has 0 bridgehead atoms. The maximum Gasteiger partial charge on any atom is 0.302 e. The molecule has 0 aliphatic rings. The Labute approximate surface area is 190 Å². The normalized spacial score (nSPS) is 11.3. The largest absolute Gasteiger partial charge is 0.493 e. The van der Waals surface area contributed by atoms with E-state index in [0.717, 1.165) is 22.2 Å². The van der Waals surface area contributed by atoms with E-state index < -0.39 is 5.91 Å². The number of rotatable bonds is 6. The molecule has 1 N–H and O–H groups in total. The number of benzene rings is 3. The first-order valence-corrected chi connectivity index (χ1v) is 10.5. The number of aromatic hydroxyl groups is 1. The smallest absolute Gasteiger partial charge is 0.302 e. The molecule has 1 aromatic heterocycles. The molecule has 162 valence electrons. The summed E-state index contributed by atoms with van der Waals surface area (Å²) in [6, 6.07) is 20.6. The van der Waals surface area contributed by atoms with E-state index in [0.29, 0.717) is 22.7 Å². The molecule has 0 radical (unpaired) electrons. The van der Waals surface area contributed by atoms with Crippen LogP contribution in [0.15, 0.2) is 77.0 Å². The Morgan fingerprint density at radius 2 is 1.81 bits per heavy atom. The summed E-state index contributed by atoms with van der Waals surface area (Å²) in [5.41, 5.74) is 4.20. The second-order valence-corrected chi connectivity index (χ2v) is 7.98. The Bertz CT molecular complexity index is 1310. The molecule has 0 aliphatic heterocycles. The van der Waals surface area contributed by atoms with Crippen molar-refractivity contribution in [3.63, 3.8) is 0 Å². The van der Waals surface area contributed by atoms with Gasteiger partial charge in [-0.15, -0.1) is 10.2 Å². The second-order valence-electron chi connectivity index (χ2n) is 7.54. The summed E-state index contributed by atoms with van der Waals surface area (Å²) in [5, 5.41) is 19.8. The summed E-state index contributed by atoms with van der Waals surface area (Å²) in [7, 11) is 0. The summed E-state index contributed by atoms with van der Waals surface area (Å²) in [4.78, 5) is 12.2.